The predicted molar refractivity (Wildman–Crippen MR) is 78.4 cm³/mol. The van der Waals surface area contributed by atoms with Crippen LogP contribution in [0.5, 0.6) is 0 Å². The van der Waals surface area contributed by atoms with Crippen LogP contribution < -0.4 is 11.1 Å². The molecule has 2 aromatic rings. The van der Waals surface area contributed by atoms with Crippen molar-refractivity contribution in [1.82, 2.24) is 20.0 Å². The number of hydrogen-bond donors (Lipinski definition) is 2. The van der Waals surface area contributed by atoms with Gasteiger partial charge in [0.05, 0.1) is 12.8 Å². The summed E-state index contributed by atoms with van der Waals surface area (Å²) in [6.07, 6.45) is 0.887. The van der Waals surface area contributed by atoms with Crippen LogP contribution in [0.3, 0.4) is 0 Å². The molecule has 0 aromatic carbocycles. The summed E-state index contributed by atoms with van der Waals surface area (Å²) in [7, 11) is 1.30. The van der Waals surface area contributed by atoms with Crippen LogP contribution in [0.15, 0.2) is 12.1 Å². The Bertz CT molecular complexity index is 635. The third kappa shape index (κ3) is 2.93. The first-order valence-electron chi connectivity index (χ1n) is 6.59. The van der Waals surface area contributed by atoms with E-state index in [-0.39, 0.29) is 11.4 Å². The quantitative estimate of drug-likeness (QED) is 0.795. The molecule has 0 aliphatic heterocycles. The van der Waals surface area contributed by atoms with E-state index in [4.69, 9.17) is 10.5 Å². The van der Waals surface area contributed by atoms with Crippen LogP contribution >= 0.6 is 0 Å². The Morgan fingerprint density at radius 3 is 2.76 bits per heavy atom. The van der Waals surface area contributed by atoms with Crippen LogP contribution in [-0.2, 0) is 4.74 Å². The van der Waals surface area contributed by atoms with Crippen molar-refractivity contribution in [2.45, 2.75) is 20.3 Å². The summed E-state index contributed by atoms with van der Waals surface area (Å²) in [4.78, 5) is 11.9. The number of carbonyl (C=O) groups excluding carboxylic acids is 1. The van der Waals surface area contributed by atoms with E-state index in [0.717, 1.165) is 12.1 Å². The molecule has 8 nitrogen and oxygen atoms in total. The van der Waals surface area contributed by atoms with Crippen molar-refractivity contribution in [1.29, 1.82) is 0 Å². The van der Waals surface area contributed by atoms with Gasteiger partial charge in [0.15, 0.2) is 11.6 Å². The van der Waals surface area contributed by atoms with Crippen molar-refractivity contribution in [3.05, 3.63) is 23.4 Å². The lowest BCUT2D eigenvalue weighted by Crippen LogP contribution is -2.10. The van der Waals surface area contributed by atoms with E-state index in [1.54, 1.807) is 12.1 Å². The van der Waals surface area contributed by atoms with Crippen LogP contribution in [0, 0.1) is 6.92 Å². The number of nitrogens with one attached hydrogen (secondary N) is 1. The fourth-order valence-electron chi connectivity index (χ4n) is 1.78. The monoisotopic (exact) mass is 290 g/mol. The number of nitrogen functional groups attached to an aromatic ring is 1. The number of anilines is 2. The maximum atomic E-state index is 11.9. The van der Waals surface area contributed by atoms with Crippen molar-refractivity contribution < 1.29 is 9.53 Å². The zero-order valence-electron chi connectivity index (χ0n) is 12.3. The van der Waals surface area contributed by atoms with Crippen LogP contribution in [-0.4, -0.2) is 39.6 Å². The summed E-state index contributed by atoms with van der Waals surface area (Å²) >= 11 is 0. The maximum Gasteiger partial charge on any atom is 0.345 e. The Labute approximate surface area is 122 Å². The largest absolute Gasteiger partial charge is 0.465 e. The van der Waals surface area contributed by atoms with Gasteiger partial charge in [0.2, 0.25) is 0 Å². The minimum absolute atomic E-state index is 0.165. The molecule has 0 saturated carbocycles. The second kappa shape index (κ2) is 6.21. The first-order valence-corrected chi connectivity index (χ1v) is 6.59. The number of rotatable bonds is 5. The number of aryl methyl sites for hydroxylation is 1. The maximum absolute atomic E-state index is 11.9. The average Bonchev–Trinajstić information content (AvgIpc) is 2.82. The molecule has 0 aliphatic rings. The van der Waals surface area contributed by atoms with Gasteiger partial charge >= 0.3 is 5.97 Å². The minimum Gasteiger partial charge on any atom is -0.465 e. The number of aromatic nitrogens is 4. The van der Waals surface area contributed by atoms with Crippen LogP contribution in [0.1, 0.15) is 29.4 Å². The van der Waals surface area contributed by atoms with Gasteiger partial charge in [0, 0.05) is 6.54 Å². The first kappa shape index (κ1) is 14.8. The molecule has 2 aromatic heterocycles. The molecular weight excluding hydrogens is 272 g/mol. The Balaban J connectivity index is 2.49. The molecule has 112 valence electrons. The number of nitrogens with zero attached hydrogens (tertiary/aromatic N) is 4. The average molecular weight is 290 g/mol. The van der Waals surface area contributed by atoms with Gasteiger partial charge in [-0.25, -0.2) is 4.79 Å². The summed E-state index contributed by atoms with van der Waals surface area (Å²) in [6.45, 7) is 4.51. The van der Waals surface area contributed by atoms with Crippen molar-refractivity contribution in [3.63, 3.8) is 0 Å². The van der Waals surface area contributed by atoms with Gasteiger partial charge < -0.3 is 15.8 Å². The fraction of sp³-hybridized carbons (Fsp3) is 0.385. The molecule has 8 heteroatoms. The Hall–Kier alpha value is -2.64. The molecule has 21 heavy (non-hydrogen) atoms. The van der Waals surface area contributed by atoms with E-state index in [9.17, 15) is 4.79 Å². The SMILES string of the molecule is CCCNc1nn(-c2ccc(C)nn2)c(N)c1C(=O)OC. The third-order valence-corrected chi connectivity index (χ3v) is 2.85. The molecule has 0 radical (unpaired) electrons. The molecule has 2 heterocycles. The summed E-state index contributed by atoms with van der Waals surface area (Å²) in [6, 6.07) is 3.52. The number of methoxy groups -OCH3 is 1. The van der Waals surface area contributed by atoms with Crippen molar-refractivity contribution in [2.75, 3.05) is 24.7 Å². The van der Waals surface area contributed by atoms with E-state index < -0.39 is 5.97 Å². The summed E-state index contributed by atoms with van der Waals surface area (Å²) in [5, 5.41) is 15.3. The van der Waals surface area contributed by atoms with Gasteiger partial charge in [-0.15, -0.1) is 10.2 Å². The number of carbonyl (C=O) groups is 1. The van der Waals surface area contributed by atoms with Crippen LogP contribution in [0.25, 0.3) is 5.82 Å². The van der Waals surface area contributed by atoms with Gasteiger partial charge in [-0.3, -0.25) is 0 Å². The molecule has 0 unspecified atom stereocenters. The minimum atomic E-state index is -0.544. The second-order valence-electron chi connectivity index (χ2n) is 4.47. The van der Waals surface area contributed by atoms with E-state index in [2.05, 4.69) is 20.6 Å². The standard InChI is InChI=1S/C13H18N6O2/c1-4-7-15-12-10(13(20)21-3)11(14)19(18-12)9-6-5-8(2)16-17-9/h5-6H,4,7,14H2,1-3H3,(H,15,18). The molecule has 0 saturated heterocycles. The Morgan fingerprint density at radius 2 is 2.19 bits per heavy atom. The molecule has 0 amide bonds. The zero-order chi connectivity index (χ0) is 15.4. The van der Waals surface area contributed by atoms with E-state index in [0.29, 0.717) is 18.2 Å². The van der Waals surface area contributed by atoms with Gasteiger partial charge in [-0.05, 0) is 25.5 Å². The van der Waals surface area contributed by atoms with E-state index in [1.165, 1.54) is 11.8 Å². The van der Waals surface area contributed by atoms with Gasteiger partial charge in [-0.1, -0.05) is 6.92 Å². The molecule has 0 atom stereocenters. The lowest BCUT2D eigenvalue weighted by atomic mass is 10.3. The highest BCUT2D eigenvalue weighted by atomic mass is 16.5. The van der Waals surface area contributed by atoms with Gasteiger partial charge in [0.25, 0.3) is 0 Å². The number of nitrogens with two attached hydrogens (primary N) is 1. The van der Waals surface area contributed by atoms with Crippen LogP contribution in [0.4, 0.5) is 11.6 Å². The molecular formula is C13H18N6O2. The summed E-state index contributed by atoms with van der Waals surface area (Å²) < 4.78 is 6.13. The molecule has 2 rings (SSSR count). The van der Waals surface area contributed by atoms with Gasteiger partial charge in [-0.2, -0.15) is 9.78 Å². The van der Waals surface area contributed by atoms with E-state index in [1.807, 2.05) is 13.8 Å². The smallest absolute Gasteiger partial charge is 0.345 e. The number of esters is 1. The van der Waals surface area contributed by atoms with E-state index >= 15 is 0 Å². The molecule has 3 N–H and O–H groups in total. The van der Waals surface area contributed by atoms with Crippen molar-refractivity contribution in [3.8, 4) is 5.82 Å². The summed E-state index contributed by atoms with van der Waals surface area (Å²) in [5.41, 5.74) is 7.00. The molecule has 0 fully saturated rings. The van der Waals surface area contributed by atoms with Crippen molar-refractivity contribution in [2.24, 2.45) is 0 Å². The normalized spacial score (nSPS) is 10.4. The van der Waals surface area contributed by atoms with Crippen LogP contribution in [0.2, 0.25) is 0 Å². The second-order valence-corrected chi connectivity index (χ2v) is 4.47. The first-order chi connectivity index (χ1) is 10.1. The highest BCUT2D eigenvalue weighted by Gasteiger charge is 2.24. The summed E-state index contributed by atoms with van der Waals surface area (Å²) in [5.74, 6) is 0.437. The Morgan fingerprint density at radius 1 is 1.43 bits per heavy atom. The number of ether oxygens (including phenoxy) is 1. The molecule has 0 aliphatic carbocycles. The predicted octanol–water partition coefficient (Wildman–Crippen LogP) is 1.16. The lowest BCUT2D eigenvalue weighted by Gasteiger charge is -2.03. The van der Waals surface area contributed by atoms with Gasteiger partial charge in [0.1, 0.15) is 11.4 Å². The fourth-order valence-corrected chi connectivity index (χ4v) is 1.78. The van der Waals surface area contributed by atoms with Crippen molar-refractivity contribution >= 4 is 17.6 Å². The molecule has 0 bridgehead atoms. The molecule has 0 spiro atoms. The number of hydrogen-bond acceptors (Lipinski definition) is 7. The highest BCUT2D eigenvalue weighted by Crippen LogP contribution is 2.24. The topological polar surface area (TPSA) is 108 Å². The highest BCUT2D eigenvalue weighted by molar-refractivity contribution is 5.99. The third-order valence-electron chi connectivity index (χ3n) is 2.85. The zero-order valence-corrected chi connectivity index (χ0v) is 12.3. The Kier molecular flexibility index (Phi) is 4.36. The lowest BCUT2D eigenvalue weighted by molar-refractivity contribution is 0.0603.